The number of benzene rings is 1. The number of esters is 1. The average Bonchev–Trinajstić information content (AvgIpc) is 3.37. The van der Waals surface area contributed by atoms with Crippen LogP contribution in [-0.2, 0) is 23.2 Å². The van der Waals surface area contributed by atoms with Gasteiger partial charge in [-0.3, -0.25) is 13.8 Å². The Bertz CT molecular complexity index is 1240. The van der Waals surface area contributed by atoms with Crippen molar-refractivity contribution in [1.29, 1.82) is 0 Å². The average molecular weight is 414 g/mol. The number of carbonyl (C=O) groups is 1. The van der Waals surface area contributed by atoms with Crippen LogP contribution in [0.25, 0.3) is 16.0 Å². The van der Waals surface area contributed by atoms with Gasteiger partial charge in [0, 0.05) is 7.05 Å². The monoisotopic (exact) mass is 414 g/mol. The third-order valence-electron chi connectivity index (χ3n) is 4.25. The Morgan fingerprint density at radius 1 is 1.14 bits per heavy atom. The molecule has 0 fully saturated rings. The smallest absolute Gasteiger partial charge is 0.344 e. The van der Waals surface area contributed by atoms with Crippen molar-refractivity contribution in [2.45, 2.75) is 13.5 Å². The van der Waals surface area contributed by atoms with E-state index in [2.05, 4.69) is 10.2 Å². The van der Waals surface area contributed by atoms with Crippen molar-refractivity contribution in [2.24, 2.45) is 7.05 Å². The molecule has 3 heterocycles. The van der Waals surface area contributed by atoms with Crippen LogP contribution in [-0.4, -0.2) is 38.3 Å². The molecule has 0 spiro atoms. The Morgan fingerprint density at radius 3 is 2.66 bits per heavy atom. The van der Waals surface area contributed by atoms with Gasteiger partial charge in [0.05, 0.1) is 12.1 Å². The van der Waals surface area contributed by atoms with Crippen molar-refractivity contribution >= 4 is 33.3 Å². The molecule has 150 valence electrons. The molecule has 4 rings (SSSR count). The first-order valence-electron chi connectivity index (χ1n) is 8.90. The molecule has 0 radical (unpaired) electrons. The zero-order valence-corrected chi connectivity index (χ0v) is 16.6. The molecule has 29 heavy (non-hydrogen) atoms. The van der Waals surface area contributed by atoms with E-state index in [-0.39, 0.29) is 18.8 Å². The van der Waals surface area contributed by atoms with Crippen molar-refractivity contribution in [2.75, 3.05) is 13.2 Å². The number of carbonyl (C=O) groups excluding carboxylic acids is 1. The minimum absolute atomic E-state index is 0.0976. The summed E-state index contributed by atoms with van der Waals surface area (Å²) >= 11 is 1.34. The van der Waals surface area contributed by atoms with Crippen LogP contribution < -0.4 is 15.0 Å². The molecule has 0 saturated heterocycles. The predicted molar refractivity (Wildman–Crippen MR) is 107 cm³/mol. The quantitative estimate of drug-likeness (QED) is 0.428. The van der Waals surface area contributed by atoms with Gasteiger partial charge >= 0.3 is 5.97 Å². The Balaban J connectivity index is 1.48. The first-order valence-corrected chi connectivity index (χ1v) is 9.78. The summed E-state index contributed by atoms with van der Waals surface area (Å²) < 4.78 is 20.0. The van der Waals surface area contributed by atoms with E-state index in [0.29, 0.717) is 39.9 Å². The minimum atomic E-state index is -0.556. The van der Waals surface area contributed by atoms with Crippen molar-refractivity contribution in [3.63, 3.8) is 0 Å². The fourth-order valence-corrected chi connectivity index (χ4v) is 3.76. The molecule has 0 aliphatic carbocycles. The van der Waals surface area contributed by atoms with Crippen LogP contribution in [0.1, 0.15) is 12.7 Å². The second kappa shape index (κ2) is 7.92. The maximum Gasteiger partial charge on any atom is 0.344 e. The number of thiophene rings is 1. The first-order chi connectivity index (χ1) is 14.1. The van der Waals surface area contributed by atoms with E-state index >= 15 is 0 Å². The van der Waals surface area contributed by atoms with Crippen LogP contribution in [0.15, 0.2) is 40.5 Å². The zero-order chi connectivity index (χ0) is 20.4. The van der Waals surface area contributed by atoms with Crippen molar-refractivity contribution in [3.8, 4) is 11.5 Å². The highest BCUT2D eigenvalue weighted by atomic mass is 32.1. The normalized spacial score (nSPS) is 11.1. The molecule has 10 heteroatoms. The molecule has 0 saturated carbocycles. The summed E-state index contributed by atoms with van der Waals surface area (Å²) in [6, 6.07) is 8.92. The maximum atomic E-state index is 12.4. The Kier molecular flexibility index (Phi) is 5.17. The van der Waals surface area contributed by atoms with Crippen LogP contribution in [0.2, 0.25) is 0 Å². The van der Waals surface area contributed by atoms with E-state index in [1.54, 1.807) is 29.6 Å². The predicted octanol–water partition coefficient (Wildman–Crippen LogP) is 2.16. The number of hydrogen-bond donors (Lipinski definition) is 0. The molecule has 0 aliphatic heterocycles. The van der Waals surface area contributed by atoms with Crippen LogP contribution in [0.3, 0.4) is 0 Å². The molecule has 1 aromatic carbocycles. The highest BCUT2D eigenvalue weighted by Crippen LogP contribution is 2.26. The molecule has 3 aromatic heterocycles. The van der Waals surface area contributed by atoms with Crippen molar-refractivity contribution in [3.05, 3.63) is 51.9 Å². The molecule has 0 aliphatic rings. The number of rotatable bonds is 7. The van der Waals surface area contributed by atoms with Gasteiger partial charge in [-0.25, -0.2) is 4.79 Å². The van der Waals surface area contributed by atoms with E-state index in [1.807, 2.05) is 24.4 Å². The SMILES string of the molecule is CCOc1ccccc1OCC(=O)OCc1nnc2n(C)c(=O)c3sccc3n12. The van der Waals surface area contributed by atoms with Gasteiger partial charge in [-0.2, -0.15) is 0 Å². The number of hydrogen-bond acceptors (Lipinski definition) is 8. The summed E-state index contributed by atoms with van der Waals surface area (Å²) in [5, 5.41) is 9.95. The summed E-state index contributed by atoms with van der Waals surface area (Å²) in [5.41, 5.74) is 0.547. The van der Waals surface area contributed by atoms with Gasteiger partial charge < -0.3 is 14.2 Å². The second-order valence-electron chi connectivity index (χ2n) is 6.08. The van der Waals surface area contributed by atoms with Crippen LogP contribution in [0, 0.1) is 0 Å². The van der Waals surface area contributed by atoms with Crippen LogP contribution >= 0.6 is 11.3 Å². The molecule has 0 unspecified atom stereocenters. The topological polar surface area (TPSA) is 96.9 Å². The van der Waals surface area contributed by atoms with Crippen LogP contribution in [0.4, 0.5) is 0 Å². The van der Waals surface area contributed by atoms with Gasteiger partial charge in [-0.05, 0) is 30.5 Å². The third kappa shape index (κ3) is 3.54. The lowest BCUT2D eigenvalue weighted by atomic mass is 10.3. The van der Waals surface area contributed by atoms with E-state index in [9.17, 15) is 9.59 Å². The number of fused-ring (bicyclic) bond motifs is 3. The number of ether oxygens (including phenoxy) is 3. The first kappa shape index (κ1) is 18.9. The molecular weight excluding hydrogens is 396 g/mol. The highest BCUT2D eigenvalue weighted by Gasteiger charge is 2.17. The van der Waals surface area contributed by atoms with Crippen molar-refractivity contribution in [1.82, 2.24) is 19.2 Å². The van der Waals surface area contributed by atoms with Gasteiger partial charge in [0.1, 0.15) is 4.70 Å². The standard InChI is InChI=1S/C19H18N4O5S/c1-3-26-13-6-4-5-7-14(13)27-11-16(24)28-10-15-20-21-19-22(2)18(25)17-12(23(15)19)8-9-29-17/h4-9H,3,10-11H2,1-2H3. The summed E-state index contributed by atoms with van der Waals surface area (Å²) in [6.07, 6.45) is 0. The Morgan fingerprint density at radius 2 is 1.90 bits per heavy atom. The molecule has 0 atom stereocenters. The molecule has 9 nitrogen and oxygen atoms in total. The highest BCUT2D eigenvalue weighted by molar-refractivity contribution is 7.17. The summed E-state index contributed by atoms with van der Waals surface area (Å²) in [4.78, 5) is 24.5. The van der Waals surface area contributed by atoms with Gasteiger partial charge in [-0.1, -0.05) is 12.1 Å². The Hall–Kier alpha value is -3.40. The maximum absolute atomic E-state index is 12.4. The van der Waals surface area contributed by atoms with Gasteiger partial charge in [-0.15, -0.1) is 21.5 Å². The lowest BCUT2D eigenvalue weighted by Crippen LogP contribution is -2.20. The molecular formula is C19H18N4O5S. The van der Waals surface area contributed by atoms with Gasteiger partial charge in [0.25, 0.3) is 5.56 Å². The number of aromatic nitrogens is 4. The minimum Gasteiger partial charge on any atom is -0.490 e. The Labute approximate surface area is 169 Å². The fourth-order valence-electron chi connectivity index (χ4n) is 2.91. The van der Waals surface area contributed by atoms with E-state index in [4.69, 9.17) is 14.2 Å². The molecule has 0 amide bonds. The van der Waals surface area contributed by atoms with E-state index in [0.717, 1.165) is 0 Å². The van der Waals surface area contributed by atoms with E-state index < -0.39 is 5.97 Å². The number of para-hydroxylation sites is 2. The molecule has 0 N–H and O–H groups in total. The van der Waals surface area contributed by atoms with Crippen LogP contribution in [0.5, 0.6) is 11.5 Å². The molecule has 0 bridgehead atoms. The van der Waals surface area contributed by atoms with E-state index in [1.165, 1.54) is 15.9 Å². The largest absolute Gasteiger partial charge is 0.490 e. The summed E-state index contributed by atoms with van der Waals surface area (Å²) in [7, 11) is 1.63. The number of aryl methyl sites for hydroxylation is 1. The van der Waals surface area contributed by atoms with Gasteiger partial charge in [0.2, 0.25) is 5.78 Å². The zero-order valence-electron chi connectivity index (χ0n) is 15.8. The lowest BCUT2D eigenvalue weighted by Gasteiger charge is -2.11. The fraction of sp³-hybridized carbons (Fsp3) is 0.263. The summed E-state index contributed by atoms with van der Waals surface area (Å²) in [5.74, 6) is 1.27. The second-order valence-corrected chi connectivity index (χ2v) is 7.00. The summed E-state index contributed by atoms with van der Waals surface area (Å²) in [6.45, 7) is 1.99. The molecule has 4 aromatic rings. The number of nitrogens with zero attached hydrogens (tertiary/aromatic N) is 4. The van der Waals surface area contributed by atoms with Gasteiger partial charge in [0.15, 0.2) is 30.5 Å². The van der Waals surface area contributed by atoms with Crippen molar-refractivity contribution < 1.29 is 19.0 Å². The third-order valence-corrected chi connectivity index (χ3v) is 5.15. The lowest BCUT2D eigenvalue weighted by molar-refractivity contribution is -0.147.